The smallest absolute Gasteiger partial charge is 0.333 e. The summed E-state index contributed by atoms with van der Waals surface area (Å²) in [5, 5.41) is 0. The molecule has 1 aromatic carbocycles. The maximum Gasteiger partial charge on any atom is 0.333 e. The normalized spacial score (nSPS) is 13.4. The van der Waals surface area contributed by atoms with Crippen LogP contribution < -0.4 is 0 Å². The molecule has 0 saturated heterocycles. The summed E-state index contributed by atoms with van der Waals surface area (Å²) < 4.78 is 16.7. The highest BCUT2D eigenvalue weighted by atomic mass is 16.7. The number of esters is 1. The number of hydrogen-bond acceptors (Lipinski definition) is 4. The van der Waals surface area contributed by atoms with Gasteiger partial charge in [-0.25, -0.2) is 4.79 Å². The molecule has 0 spiro atoms. The second-order valence-electron chi connectivity index (χ2n) is 5.41. The molecule has 0 N–H and O–H groups in total. The fraction of sp³-hybridized carbons (Fsp3) is 0.500. The summed E-state index contributed by atoms with van der Waals surface area (Å²) in [5.41, 5.74) is 1.52. The minimum atomic E-state index is -0.729. The second-order valence-corrected chi connectivity index (χ2v) is 5.41. The Morgan fingerprint density at radius 3 is 2.36 bits per heavy atom. The van der Waals surface area contributed by atoms with Gasteiger partial charge in [0.1, 0.15) is 6.61 Å². The van der Waals surface area contributed by atoms with Crippen LogP contribution in [0.4, 0.5) is 0 Å². The zero-order valence-electron chi connectivity index (χ0n) is 13.8. The van der Waals surface area contributed by atoms with Gasteiger partial charge >= 0.3 is 5.97 Å². The summed E-state index contributed by atoms with van der Waals surface area (Å²) in [6.45, 7) is 10.2. The summed E-state index contributed by atoms with van der Waals surface area (Å²) in [7, 11) is 0. The molecule has 4 heteroatoms. The van der Waals surface area contributed by atoms with Crippen molar-refractivity contribution in [2.75, 3.05) is 19.8 Å². The molecule has 0 fully saturated rings. The van der Waals surface area contributed by atoms with Crippen molar-refractivity contribution < 1.29 is 19.0 Å². The minimum absolute atomic E-state index is 0.186. The van der Waals surface area contributed by atoms with E-state index in [1.807, 2.05) is 37.3 Å². The minimum Gasteiger partial charge on any atom is -0.460 e. The fourth-order valence-electron chi connectivity index (χ4n) is 1.94. The zero-order chi connectivity index (χ0) is 16.4. The average Bonchev–Trinajstić information content (AvgIpc) is 2.50. The van der Waals surface area contributed by atoms with E-state index in [1.165, 1.54) is 0 Å². The quantitative estimate of drug-likeness (QED) is 0.287. The van der Waals surface area contributed by atoms with Crippen molar-refractivity contribution in [1.82, 2.24) is 0 Å². The topological polar surface area (TPSA) is 44.8 Å². The first-order valence-corrected chi connectivity index (χ1v) is 7.61. The van der Waals surface area contributed by atoms with Gasteiger partial charge in [-0.3, -0.25) is 0 Å². The van der Waals surface area contributed by atoms with Crippen LogP contribution in [-0.4, -0.2) is 31.6 Å². The molecule has 4 nitrogen and oxygen atoms in total. The Labute approximate surface area is 133 Å². The maximum absolute atomic E-state index is 11.3. The van der Waals surface area contributed by atoms with E-state index in [0.29, 0.717) is 18.6 Å². The Morgan fingerprint density at radius 1 is 1.14 bits per heavy atom. The van der Waals surface area contributed by atoms with Gasteiger partial charge in [-0.15, -0.1) is 0 Å². The first-order chi connectivity index (χ1) is 10.5. The highest BCUT2D eigenvalue weighted by molar-refractivity contribution is 5.86. The first-order valence-electron chi connectivity index (χ1n) is 7.61. The number of rotatable bonds is 10. The summed E-state index contributed by atoms with van der Waals surface area (Å²) in [6.07, 6.45) is 1.56. The van der Waals surface area contributed by atoms with Crippen molar-refractivity contribution in [3.8, 4) is 0 Å². The van der Waals surface area contributed by atoms with Crippen molar-refractivity contribution in [2.45, 2.75) is 39.4 Å². The van der Waals surface area contributed by atoms with E-state index in [0.717, 1.165) is 12.0 Å². The summed E-state index contributed by atoms with van der Waals surface area (Å²) in [4.78, 5) is 11.3. The van der Waals surface area contributed by atoms with Gasteiger partial charge < -0.3 is 14.2 Å². The van der Waals surface area contributed by atoms with Gasteiger partial charge in [-0.05, 0) is 25.8 Å². The van der Waals surface area contributed by atoms with Crippen molar-refractivity contribution in [3.05, 3.63) is 48.0 Å². The Hall–Kier alpha value is -1.65. The molecule has 0 radical (unpaired) electrons. The average molecular weight is 306 g/mol. The molecule has 0 aliphatic carbocycles. The Bertz CT molecular complexity index is 469. The van der Waals surface area contributed by atoms with E-state index in [-0.39, 0.29) is 13.2 Å². The van der Waals surface area contributed by atoms with Crippen LogP contribution in [0.2, 0.25) is 0 Å². The lowest BCUT2D eigenvalue weighted by Crippen LogP contribution is -2.36. The van der Waals surface area contributed by atoms with Crippen LogP contribution in [0, 0.1) is 0 Å². The molecule has 1 atom stereocenters. The molecular weight excluding hydrogens is 280 g/mol. The molecule has 1 rings (SSSR count). The molecule has 0 saturated carbocycles. The third-order valence-corrected chi connectivity index (χ3v) is 3.05. The van der Waals surface area contributed by atoms with E-state index in [1.54, 1.807) is 6.92 Å². The lowest BCUT2D eigenvalue weighted by molar-refractivity contribution is -0.229. The molecular formula is C18H26O4. The molecule has 1 unspecified atom stereocenters. The number of carbonyl (C=O) groups excluding carboxylic acids is 1. The van der Waals surface area contributed by atoms with Crippen LogP contribution in [0.5, 0.6) is 0 Å². The number of carbonyl (C=O) groups is 1. The molecule has 0 heterocycles. The van der Waals surface area contributed by atoms with E-state index in [9.17, 15) is 4.79 Å². The van der Waals surface area contributed by atoms with Crippen LogP contribution in [-0.2, 0) is 25.4 Å². The van der Waals surface area contributed by atoms with Crippen LogP contribution >= 0.6 is 0 Å². The van der Waals surface area contributed by atoms with E-state index >= 15 is 0 Å². The molecule has 22 heavy (non-hydrogen) atoms. The molecule has 0 aliphatic heterocycles. The van der Waals surface area contributed by atoms with E-state index < -0.39 is 11.8 Å². The van der Waals surface area contributed by atoms with E-state index in [4.69, 9.17) is 14.2 Å². The van der Waals surface area contributed by atoms with Gasteiger partial charge in [0, 0.05) is 18.6 Å². The zero-order valence-corrected chi connectivity index (χ0v) is 13.8. The second kappa shape index (κ2) is 9.38. The molecule has 0 aromatic heterocycles. The molecule has 122 valence electrons. The van der Waals surface area contributed by atoms with Crippen molar-refractivity contribution in [2.24, 2.45) is 0 Å². The molecule has 1 aromatic rings. The van der Waals surface area contributed by atoms with Gasteiger partial charge in [0.2, 0.25) is 0 Å². The summed E-state index contributed by atoms with van der Waals surface area (Å²) >= 11 is 0. The van der Waals surface area contributed by atoms with Gasteiger partial charge in [-0.1, -0.05) is 43.8 Å². The Balaban J connectivity index is 2.52. The lowest BCUT2D eigenvalue weighted by Gasteiger charge is -2.30. The number of benzene rings is 1. The van der Waals surface area contributed by atoms with E-state index in [2.05, 4.69) is 13.5 Å². The van der Waals surface area contributed by atoms with Gasteiger partial charge in [-0.2, -0.15) is 0 Å². The maximum atomic E-state index is 11.3. The van der Waals surface area contributed by atoms with Gasteiger partial charge in [0.25, 0.3) is 0 Å². The predicted octanol–water partition coefficient (Wildman–Crippen LogP) is 3.51. The van der Waals surface area contributed by atoms with Crippen LogP contribution in [0.1, 0.15) is 32.8 Å². The summed E-state index contributed by atoms with van der Waals surface area (Å²) in [6, 6.07) is 10.0. The highest BCUT2D eigenvalue weighted by Crippen LogP contribution is 2.20. The number of hydrogen-bond donors (Lipinski definition) is 0. The third kappa shape index (κ3) is 6.87. The first kappa shape index (κ1) is 18.4. The molecule has 0 amide bonds. The monoisotopic (exact) mass is 306 g/mol. The largest absolute Gasteiger partial charge is 0.460 e. The van der Waals surface area contributed by atoms with Crippen molar-refractivity contribution in [1.29, 1.82) is 0 Å². The molecule has 0 bridgehead atoms. The highest BCUT2D eigenvalue weighted by Gasteiger charge is 2.26. The van der Waals surface area contributed by atoms with Crippen molar-refractivity contribution >= 4 is 5.97 Å². The Morgan fingerprint density at radius 2 is 1.77 bits per heavy atom. The molecule has 0 aliphatic rings. The fourth-order valence-corrected chi connectivity index (χ4v) is 1.94. The van der Waals surface area contributed by atoms with Crippen LogP contribution in [0.3, 0.4) is 0 Å². The van der Waals surface area contributed by atoms with Crippen LogP contribution in [0.15, 0.2) is 42.5 Å². The predicted molar refractivity (Wildman–Crippen MR) is 86.5 cm³/mol. The standard InChI is InChI=1S/C18H26O4/c1-5-11-21-18(4,14-16-9-7-6-8-10-16)22-13-12-20-17(19)15(2)3/h6-10H,2,5,11-14H2,1,3-4H3. The SMILES string of the molecule is C=C(C)C(=O)OCCOC(C)(Cc1ccccc1)OCCC. The van der Waals surface area contributed by atoms with Crippen LogP contribution in [0.25, 0.3) is 0 Å². The third-order valence-electron chi connectivity index (χ3n) is 3.05. The lowest BCUT2D eigenvalue weighted by atomic mass is 10.1. The van der Waals surface area contributed by atoms with Crippen molar-refractivity contribution in [3.63, 3.8) is 0 Å². The number of ether oxygens (including phenoxy) is 3. The van der Waals surface area contributed by atoms with Gasteiger partial charge in [0.05, 0.1) is 6.61 Å². The van der Waals surface area contributed by atoms with Gasteiger partial charge in [0.15, 0.2) is 5.79 Å². The Kier molecular flexibility index (Phi) is 7.85. The summed E-state index contributed by atoms with van der Waals surface area (Å²) in [5.74, 6) is -1.13.